The van der Waals surface area contributed by atoms with Crippen LogP contribution in [0.5, 0.6) is 11.5 Å². The van der Waals surface area contributed by atoms with Gasteiger partial charge in [-0.05, 0) is 75.0 Å². The van der Waals surface area contributed by atoms with E-state index < -0.39 is 5.41 Å². The van der Waals surface area contributed by atoms with Crippen molar-refractivity contribution in [1.82, 2.24) is 10.2 Å². The number of methoxy groups -OCH3 is 1. The molecule has 3 fully saturated rings. The lowest BCUT2D eigenvalue weighted by Gasteiger charge is -2.38. The summed E-state index contributed by atoms with van der Waals surface area (Å²) in [5, 5.41) is 3.60. The van der Waals surface area contributed by atoms with E-state index in [1.807, 2.05) is 26.0 Å². The van der Waals surface area contributed by atoms with Crippen LogP contribution in [0.4, 0.5) is 0 Å². The zero-order chi connectivity index (χ0) is 23.7. The zero-order valence-corrected chi connectivity index (χ0v) is 20.8. The van der Waals surface area contributed by atoms with Crippen molar-refractivity contribution in [3.05, 3.63) is 59.7 Å². The molecule has 5 nitrogen and oxygen atoms in total. The van der Waals surface area contributed by atoms with Crippen molar-refractivity contribution in [3.63, 3.8) is 0 Å². The van der Waals surface area contributed by atoms with Gasteiger partial charge in [-0.3, -0.25) is 4.79 Å². The van der Waals surface area contributed by atoms with E-state index in [0.29, 0.717) is 23.8 Å². The van der Waals surface area contributed by atoms with Crippen molar-refractivity contribution in [2.75, 3.05) is 26.7 Å². The van der Waals surface area contributed by atoms with Gasteiger partial charge < -0.3 is 19.7 Å². The van der Waals surface area contributed by atoms with E-state index >= 15 is 0 Å². The maximum absolute atomic E-state index is 14.4. The number of piperidine rings is 1. The number of hydrogen-bond acceptors (Lipinski definition) is 4. The standard InChI is InChI=1S/C29H38N2O3/c1-20(2)34-24-10-6-21(7-11-24)26-19-31(27-14-17-30-18-25(26)27)28(32)29(15-4-5-16-29)22-8-12-23(33-3)13-9-22/h6-13,20,25-27,30H,4-5,14-19H2,1-3H3/t25-,26-,27-/m1/s1. The van der Waals surface area contributed by atoms with Gasteiger partial charge in [0.05, 0.1) is 18.6 Å². The second kappa shape index (κ2) is 9.61. The highest BCUT2D eigenvalue weighted by atomic mass is 16.5. The van der Waals surface area contributed by atoms with Gasteiger partial charge in [0.25, 0.3) is 0 Å². The van der Waals surface area contributed by atoms with Crippen LogP contribution in [0.3, 0.4) is 0 Å². The highest BCUT2D eigenvalue weighted by molar-refractivity contribution is 5.89. The number of hydrogen-bond donors (Lipinski definition) is 1. The fourth-order valence-corrected chi connectivity index (χ4v) is 6.59. The molecule has 0 bridgehead atoms. The molecule has 3 aliphatic rings. The first kappa shape index (κ1) is 23.2. The summed E-state index contributed by atoms with van der Waals surface area (Å²) >= 11 is 0. The summed E-state index contributed by atoms with van der Waals surface area (Å²) in [4.78, 5) is 16.7. The van der Waals surface area contributed by atoms with Gasteiger partial charge in [-0.2, -0.15) is 0 Å². The Morgan fingerprint density at radius 1 is 1.03 bits per heavy atom. The molecule has 0 unspecified atom stereocenters. The quantitative estimate of drug-likeness (QED) is 0.664. The fourth-order valence-electron chi connectivity index (χ4n) is 6.59. The Balaban J connectivity index is 1.43. The Morgan fingerprint density at radius 3 is 2.35 bits per heavy atom. The highest BCUT2D eigenvalue weighted by Gasteiger charge is 2.52. The predicted octanol–water partition coefficient (Wildman–Crippen LogP) is 4.90. The summed E-state index contributed by atoms with van der Waals surface area (Å²) in [7, 11) is 1.69. The van der Waals surface area contributed by atoms with Gasteiger partial charge in [0.2, 0.25) is 5.91 Å². The van der Waals surface area contributed by atoms with Gasteiger partial charge in [-0.25, -0.2) is 0 Å². The van der Waals surface area contributed by atoms with Crippen LogP contribution >= 0.6 is 0 Å². The molecule has 2 aromatic carbocycles. The smallest absolute Gasteiger partial charge is 0.233 e. The third-order valence-electron chi connectivity index (χ3n) is 8.25. The third-order valence-corrected chi connectivity index (χ3v) is 8.25. The molecule has 0 radical (unpaired) electrons. The van der Waals surface area contributed by atoms with Crippen molar-refractivity contribution >= 4 is 5.91 Å². The molecule has 5 heteroatoms. The van der Waals surface area contributed by atoms with Crippen LogP contribution in [0, 0.1) is 5.92 Å². The average molecular weight is 463 g/mol. The van der Waals surface area contributed by atoms with Crippen LogP contribution in [0.1, 0.15) is 63.0 Å². The number of amides is 1. The second-order valence-electron chi connectivity index (χ2n) is 10.5. The Hall–Kier alpha value is -2.53. The number of nitrogens with one attached hydrogen (secondary N) is 1. The summed E-state index contributed by atoms with van der Waals surface area (Å²) in [6.45, 7) is 6.86. The van der Waals surface area contributed by atoms with Gasteiger partial charge in [0.1, 0.15) is 11.5 Å². The van der Waals surface area contributed by atoms with Crippen LogP contribution in [-0.2, 0) is 10.2 Å². The molecule has 2 heterocycles. The molecule has 3 atom stereocenters. The molecule has 2 saturated heterocycles. The Labute approximate surface area is 203 Å². The normalized spacial score (nSPS) is 25.9. The number of ether oxygens (including phenoxy) is 2. The molecule has 1 N–H and O–H groups in total. The largest absolute Gasteiger partial charge is 0.497 e. The first-order valence-corrected chi connectivity index (χ1v) is 12.9. The Bertz CT molecular complexity index is 979. The summed E-state index contributed by atoms with van der Waals surface area (Å²) in [6.07, 6.45) is 5.30. The lowest BCUT2D eigenvalue weighted by molar-refractivity contribution is -0.139. The monoisotopic (exact) mass is 462 g/mol. The molecular formula is C29H38N2O3. The predicted molar refractivity (Wildman–Crippen MR) is 135 cm³/mol. The second-order valence-corrected chi connectivity index (χ2v) is 10.5. The molecule has 1 saturated carbocycles. The molecular weight excluding hydrogens is 424 g/mol. The van der Waals surface area contributed by atoms with E-state index in [9.17, 15) is 4.79 Å². The lowest BCUT2D eigenvalue weighted by Crippen LogP contribution is -2.51. The first-order valence-electron chi connectivity index (χ1n) is 12.9. The minimum Gasteiger partial charge on any atom is -0.497 e. The number of fused-ring (bicyclic) bond motifs is 1. The van der Waals surface area contributed by atoms with Crippen molar-refractivity contribution in [2.24, 2.45) is 5.92 Å². The van der Waals surface area contributed by atoms with Crippen LogP contribution < -0.4 is 14.8 Å². The maximum Gasteiger partial charge on any atom is 0.233 e. The van der Waals surface area contributed by atoms with E-state index in [4.69, 9.17) is 9.47 Å². The molecule has 34 heavy (non-hydrogen) atoms. The van der Waals surface area contributed by atoms with Crippen LogP contribution in [0.2, 0.25) is 0 Å². The zero-order valence-electron chi connectivity index (χ0n) is 20.8. The molecule has 1 aliphatic carbocycles. The molecule has 0 spiro atoms. The fraction of sp³-hybridized carbons (Fsp3) is 0.552. The number of nitrogens with zero attached hydrogens (tertiary/aromatic N) is 1. The van der Waals surface area contributed by atoms with Crippen molar-refractivity contribution in [2.45, 2.75) is 69.4 Å². The van der Waals surface area contributed by atoms with E-state index in [-0.39, 0.29) is 6.10 Å². The number of carbonyl (C=O) groups is 1. The number of rotatable bonds is 6. The van der Waals surface area contributed by atoms with Crippen molar-refractivity contribution < 1.29 is 14.3 Å². The maximum atomic E-state index is 14.4. The van der Waals surface area contributed by atoms with E-state index in [1.54, 1.807) is 7.11 Å². The lowest BCUT2D eigenvalue weighted by atomic mass is 9.77. The van der Waals surface area contributed by atoms with Crippen molar-refractivity contribution in [1.29, 1.82) is 0 Å². The van der Waals surface area contributed by atoms with Gasteiger partial charge in [0, 0.05) is 31.0 Å². The van der Waals surface area contributed by atoms with Crippen LogP contribution in [-0.4, -0.2) is 49.7 Å². The summed E-state index contributed by atoms with van der Waals surface area (Å²) in [5.41, 5.74) is 2.07. The third kappa shape index (κ3) is 4.19. The molecule has 5 rings (SSSR count). The van der Waals surface area contributed by atoms with Crippen LogP contribution in [0.15, 0.2) is 48.5 Å². The SMILES string of the molecule is COc1ccc(C2(C(=O)N3C[C@H](c4ccc(OC(C)C)cc4)[C@H]4CNCC[C@H]43)CCCC2)cc1. The van der Waals surface area contributed by atoms with Gasteiger partial charge >= 0.3 is 0 Å². The molecule has 182 valence electrons. The minimum absolute atomic E-state index is 0.165. The van der Waals surface area contributed by atoms with E-state index in [0.717, 1.165) is 68.8 Å². The number of benzene rings is 2. The minimum atomic E-state index is -0.397. The molecule has 1 amide bonds. The van der Waals surface area contributed by atoms with Gasteiger partial charge in [-0.15, -0.1) is 0 Å². The average Bonchev–Trinajstić information content (AvgIpc) is 3.50. The molecule has 2 aliphatic heterocycles. The van der Waals surface area contributed by atoms with Crippen molar-refractivity contribution in [3.8, 4) is 11.5 Å². The van der Waals surface area contributed by atoms with E-state index in [2.05, 4.69) is 46.6 Å². The summed E-state index contributed by atoms with van der Waals surface area (Å²) in [5.74, 6) is 2.89. The van der Waals surface area contributed by atoms with Crippen LogP contribution in [0.25, 0.3) is 0 Å². The summed E-state index contributed by atoms with van der Waals surface area (Å²) < 4.78 is 11.2. The summed E-state index contributed by atoms with van der Waals surface area (Å²) in [6, 6.07) is 17.1. The number of carbonyl (C=O) groups excluding carboxylic acids is 1. The molecule has 0 aromatic heterocycles. The van der Waals surface area contributed by atoms with Gasteiger partial charge in [0.15, 0.2) is 0 Å². The number of likely N-dealkylation sites (tertiary alicyclic amines) is 1. The Morgan fingerprint density at radius 2 is 1.71 bits per heavy atom. The van der Waals surface area contributed by atoms with Gasteiger partial charge in [-0.1, -0.05) is 37.1 Å². The topological polar surface area (TPSA) is 50.8 Å². The highest BCUT2D eigenvalue weighted by Crippen LogP contribution is 2.47. The Kier molecular flexibility index (Phi) is 6.57. The first-order chi connectivity index (χ1) is 16.5. The van der Waals surface area contributed by atoms with E-state index in [1.165, 1.54) is 5.56 Å². The molecule has 2 aromatic rings.